The molecule has 0 heterocycles. The first kappa shape index (κ1) is 11.2. The lowest BCUT2D eigenvalue weighted by Gasteiger charge is -2.38. The quantitative estimate of drug-likeness (QED) is 0.517. The molecule has 0 rings (SSSR count). The van der Waals surface area contributed by atoms with Crippen molar-refractivity contribution in [3.63, 3.8) is 0 Å². The maximum atomic E-state index is 5.55. The predicted molar refractivity (Wildman–Crippen MR) is 52.0 cm³/mol. The normalized spacial score (nSPS) is 13.6. The summed E-state index contributed by atoms with van der Waals surface area (Å²) >= 11 is 5.55. The molecule has 0 aromatic rings. The van der Waals surface area contributed by atoms with E-state index in [1.807, 2.05) is 0 Å². The van der Waals surface area contributed by atoms with Gasteiger partial charge in [0.05, 0.1) is 6.00 Å². The average molecular weight is 178 g/mol. The molecule has 0 aliphatic carbocycles. The van der Waals surface area contributed by atoms with Crippen LogP contribution in [0.3, 0.4) is 0 Å². The molecule has 1 nitrogen and oxygen atoms in total. The first-order valence-corrected chi connectivity index (χ1v) is 4.61. The molecule has 0 atom stereocenters. The first-order valence-electron chi connectivity index (χ1n) is 4.08. The van der Waals surface area contributed by atoms with Gasteiger partial charge in [-0.05, 0) is 10.8 Å². The monoisotopic (exact) mass is 177 g/mol. The van der Waals surface area contributed by atoms with Gasteiger partial charge < -0.3 is 5.32 Å². The molecule has 0 spiro atoms. The second kappa shape index (κ2) is 3.77. The van der Waals surface area contributed by atoms with Gasteiger partial charge in [0.2, 0.25) is 0 Å². The highest BCUT2D eigenvalue weighted by molar-refractivity contribution is 6.17. The van der Waals surface area contributed by atoms with Crippen molar-refractivity contribution >= 4 is 11.6 Å². The lowest BCUT2D eigenvalue weighted by molar-refractivity contribution is 0.131. The van der Waals surface area contributed by atoms with E-state index < -0.39 is 0 Å². The van der Waals surface area contributed by atoms with Gasteiger partial charge >= 0.3 is 0 Å². The fourth-order valence-corrected chi connectivity index (χ4v) is 0.719. The molecule has 0 saturated heterocycles. The fraction of sp³-hybridized carbons (Fsp3) is 1.00. The molecule has 0 saturated carbocycles. The number of hydrogen-bond acceptors (Lipinski definition) is 1. The molecule has 0 aromatic heterocycles. The highest BCUT2D eigenvalue weighted by Crippen LogP contribution is 2.36. The van der Waals surface area contributed by atoms with Crippen molar-refractivity contribution in [2.24, 2.45) is 10.8 Å². The Bertz CT molecular complexity index is 113. The summed E-state index contributed by atoms with van der Waals surface area (Å²) in [7, 11) is 0. The van der Waals surface area contributed by atoms with E-state index >= 15 is 0 Å². The maximum Gasteiger partial charge on any atom is 0.0713 e. The number of rotatable bonds is 3. The van der Waals surface area contributed by atoms with Crippen LogP contribution >= 0.6 is 11.6 Å². The van der Waals surface area contributed by atoms with Crippen LogP contribution in [0.2, 0.25) is 0 Å². The van der Waals surface area contributed by atoms with Crippen LogP contribution in [0.1, 0.15) is 34.6 Å². The Morgan fingerprint density at radius 1 is 1.09 bits per heavy atom. The minimum absolute atomic E-state index is 0.294. The van der Waals surface area contributed by atoms with Crippen LogP contribution in [0.4, 0.5) is 0 Å². The lowest BCUT2D eigenvalue weighted by atomic mass is 9.69. The number of hydrogen-bond donors (Lipinski definition) is 1. The third-order valence-electron chi connectivity index (χ3n) is 2.69. The van der Waals surface area contributed by atoms with Crippen molar-refractivity contribution in [2.45, 2.75) is 34.6 Å². The zero-order valence-electron chi connectivity index (χ0n) is 8.29. The number of alkyl halides is 1. The molecule has 1 N–H and O–H groups in total. The van der Waals surface area contributed by atoms with Crippen molar-refractivity contribution in [1.82, 2.24) is 5.32 Å². The Labute approximate surface area is 75.5 Å². The highest BCUT2D eigenvalue weighted by atomic mass is 35.5. The molecule has 0 fully saturated rings. The third-order valence-corrected chi connectivity index (χ3v) is 2.88. The van der Waals surface area contributed by atoms with Gasteiger partial charge in [-0.15, -0.1) is 11.6 Å². The minimum atomic E-state index is 0.294. The summed E-state index contributed by atoms with van der Waals surface area (Å²) in [6.07, 6.45) is 0. The summed E-state index contributed by atoms with van der Waals surface area (Å²) in [6.45, 7) is 12.2. The van der Waals surface area contributed by atoms with E-state index in [9.17, 15) is 0 Å². The van der Waals surface area contributed by atoms with Crippen LogP contribution < -0.4 is 5.32 Å². The molecule has 0 aliphatic heterocycles. The Kier molecular flexibility index (Phi) is 3.86. The van der Waals surface area contributed by atoms with Gasteiger partial charge in [-0.25, -0.2) is 0 Å². The molecule has 2 heteroatoms. The van der Waals surface area contributed by atoms with Gasteiger partial charge in [0.1, 0.15) is 0 Å². The Morgan fingerprint density at radius 3 is 1.82 bits per heavy atom. The van der Waals surface area contributed by atoms with E-state index in [1.54, 1.807) is 0 Å². The second-order valence-corrected chi connectivity index (χ2v) is 4.96. The van der Waals surface area contributed by atoms with E-state index in [-0.39, 0.29) is 0 Å². The summed E-state index contributed by atoms with van der Waals surface area (Å²) < 4.78 is 0. The molecule has 0 unspecified atom stereocenters. The summed E-state index contributed by atoms with van der Waals surface area (Å²) in [5.74, 6) is 0. The molecular weight excluding hydrogens is 158 g/mol. The lowest BCUT2D eigenvalue weighted by Crippen LogP contribution is -2.39. The fourth-order valence-electron chi connectivity index (χ4n) is 0.625. The molecule has 11 heavy (non-hydrogen) atoms. The van der Waals surface area contributed by atoms with E-state index in [2.05, 4.69) is 39.9 Å². The van der Waals surface area contributed by atoms with Gasteiger partial charge in [0.15, 0.2) is 0 Å². The van der Waals surface area contributed by atoms with Crippen LogP contribution in [0.15, 0.2) is 0 Å². The largest absolute Gasteiger partial charge is 0.303 e. The first-order chi connectivity index (χ1) is 4.81. The van der Waals surface area contributed by atoms with E-state index in [0.29, 0.717) is 16.8 Å². The summed E-state index contributed by atoms with van der Waals surface area (Å²) in [6, 6.07) is 0.541. The van der Waals surface area contributed by atoms with Crippen LogP contribution in [0, 0.1) is 10.8 Å². The molecule has 0 bridgehead atoms. The topological polar surface area (TPSA) is 12.0 Å². The smallest absolute Gasteiger partial charge is 0.0713 e. The van der Waals surface area contributed by atoms with Crippen molar-refractivity contribution in [3.05, 3.63) is 0 Å². The SMILES string of the molecule is CC(C)(C)C(C)(C)CNCCl. The molecular formula is C9H20ClN. The van der Waals surface area contributed by atoms with Crippen LogP contribution in [0.25, 0.3) is 0 Å². The Morgan fingerprint density at radius 2 is 1.55 bits per heavy atom. The van der Waals surface area contributed by atoms with Crippen LogP contribution in [-0.4, -0.2) is 12.5 Å². The van der Waals surface area contributed by atoms with Crippen LogP contribution in [0.5, 0.6) is 0 Å². The molecule has 0 aliphatic rings. The second-order valence-electron chi connectivity index (χ2n) is 4.69. The molecule has 0 aromatic carbocycles. The van der Waals surface area contributed by atoms with Crippen molar-refractivity contribution in [3.8, 4) is 0 Å². The third kappa shape index (κ3) is 3.44. The van der Waals surface area contributed by atoms with Crippen molar-refractivity contribution < 1.29 is 0 Å². The van der Waals surface area contributed by atoms with E-state index in [4.69, 9.17) is 11.6 Å². The van der Waals surface area contributed by atoms with Gasteiger partial charge in [0, 0.05) is 6.54 Å². The highest BCUT2D eigenvalue weighted by Gasteiger charge is 2.31. The van der Waals surface area contributed by atoms with Crippen molar-refractivity contribution in [2.75, 3.05) is 12.5 Å². The predicted octanol–water partition coefficient (Wildman–Crippen LogP) is 2.84. The van der Waals surface area contributed by atoms with Gasteiger partial charge in [0.25, 0.3) is 0 Å². The number of nitrogens with one attached hydrogen (secondary N) is 1. The standard InChI is InChI=1S/C9H20ClN/c1-8(2,3)9(4,5)6-11-7-10/h11H,6-7H2,1-5H3. The summed E-state index contributed by atoms with van der Waals surface area (Å²) in [5, 5.41) is 3.16. The van der Waals surface area contributed by atoms with Gasteiger partial charge in [-0.3, -0.25) is 0 Å². The number of halogens is 1. The van der Waals surface area contributed by atoms with Gasteiger partial charge in [-0.2, -0.15) is 0 Å². The van der Waals surface area contributed by atoms with Crippen molar-refractivity contribution in [1.29, 1.82) is 0 Å². The zero-order valence-corrected chi connectivity index (χ0v) is 9.05. The molecule has 68 valence electrons. The van der Waals surface area contributed by atoms with E-state index in [1.165, 1.54) is 0 Å². The molecule has 0 radical (unpaired) electrons. The zero-order chi connectivity index (χ0) is 9.12. The van der Waals surface area contributed by atoms with Crippen LogP contribution in [-0.2, 0) is 0 Å². The van der Waals surface area contributed by atoms with Gasteiger partial charge in [-0.1, -0.05) is 34.6 Å². The Hall–Kier alpha value is 0.250. The minimum Gasteiger partial charge on any atom is -0.303 e. The van der Waals surface area contributed by atoms with E-state index in [0.717, 1.165) is 6.54 Å². The average Bonchev–Trinajstić information content (AvgIpc) is 1.81. The maximum absolute atomic E-state index is 5.55. The summed E-state index contributed by atoms with van der Waals surface area (Å²) in [5.41, 5.74) is 0.619. The summed E-state index contributed by atoms with van der Waals surface area (Å²) in [4.78, 5) is 0. The Balaban J connectivity index is 4.00. The molecule has 0 amide bonds.